The van der Waals surface area contributed by atoms with Crippen LogP contribution < -0.4 is 16.8 Å². The molecule has 0 bridgehead atoms. The molecule has 0 aliphatic carbocycles. The molecule has 0 saturated carbocycles. The van der Waals surface area contributed by atoms with Crippen molar-refractivity contribution in [3.05, 3.63) is 34.4 Å². The number of hydrogen-bond donors (Lipinski definition) is 3. The molecule has 0 unspecified atom stereocenters. The van der Waals surface area contributed by atoms with Gasteiger partial charge in [-0.2, -0.15) is 0 Å². The van der Waals surface area contributed by atoms with E-state index in [4.69, 9.17) is 11.5 Å². The Labute approximate surface area is 108 Å². The first-order chi connectivity index (χ1) is 8.90. The molecule has 8 heteroatoms. The van der Waals surface area contributed by atoms with E-state index in [0.717, 1.165) is 0 Å². The van der Waals surface area contributed by atoms with Gasteiger partial charge in [0.25, 0.3) is 5.69 Å². The van der Waals surface area contributed by atoms with E-state index in [2.05, 4.69) is 5.32 Å². The Balaban J connectivity index is 2.56. The van der Waals surface area contributed by atoms with Gasteiger partial charge in [0.1, 0.15) is 0 Å². The Morgan fingerprint density at radius 2 is 1.89 bits per heavy atom. The highest BCUT2D eigenvalue weighted by molar-refractivity contribution is 5.95. The highest BCUT2D eigenvalue weighted by atomic mass is 16.6. The number of carbonyl (C=O) groups excluding carboxylic acids is 2. The van der Waals surface area contributed by atoms with Crippen molar-refractivity contribution in [2.24, 2.45) is 11.5 Å². The van der Waals surface area contributed by atoms with Crippen LogP contribution in [0, 0.1) is 10.1 Å². The number of nitrogens with two attached hydrogens (primary N) is 2. The largest absolute Gasteiger partial charge is 0.370 e. The van der Waals surface area contributed by atoms with Crippen LogP contribution in [-0.4, -0.2) is 22.8 Å². The molecule has 0 aromatic heterocycles. The van der Waals surface area contributed by atoms with Crippen molar-refractivity contribution in [1.82, 2.24) is 0 Å². The molecule has 0 spiro atoms. The molecule has 0 aliphatic rings. The molecule has 1 aromatic carbocycles. The van der Waals surface area contributed by atoms with Crippen LogP contribution in [0.1, 0.15) is 12.8 Å². The molecular formula is C11H14N4O4. The van der Waals surface area contributed by atoms with Crippen molar-refractivity contribution in [1.29, 1.82) is 0 Å². The maximum Gasteiger partial charge on any atom is 0.269 e. The summed E-state index contributed by atoms with van der Waals surface area (Å²) in [6.07, 6.45) is 0.170. The van der Waals surface area contributed by atoms with Gasteiger partial charge in [0.05, 0.1) is 11.0 Å². The van der Waals surface area contributed by atoms with Crippen molar-refractivity contribution in [3.8, 4) is 0 Å². The van der Waals surface area contributed by atoms with E-state index in [1.165, 1.54) is 24.3 Å². The fourth-order valence-electron chi connectivity index (χ4n) is 1.33. The van der Waals surface area contributed by atoms with Gasteiger partial charge in [-0.15, -0.1) is 0 Å². The number of nitro groups is 1. The number of carbonyl (C=O) groups is 2. The van der Waals surface area contributed by atoms with Crippen molar-refractivity contribution >= 4 is 23.2 Å². The lowest BCUT2D eigenvalue weighted by Crippen LogP contribution is -2.36. The number of primary amides is 1. The third-order valence-electron chi connectivity index (χ3n) is 2.38. The Morgan fingerprint density at radius 1 is 1.32 bits per heavy atom. The highest BCUT2D eigenvalue weighted by Crippen LogP contribution is 2.15. The minimum absolute atomic E-state index is 0.0227. The first-order valence-electron chi connectivity index (χ1n) is 5.49. The molecule has 5 N–H and O–H groups in total. The average molecular weight is 266 g/mol. The standard InChI is InChI=1S/C11H14N4O4/c12-9(5-6-10(13)16)11(17)14-7-1-3-8(4-2-7)15(18)19/h1-4,9H,5-6,12H2,(H2,13,16)(H,14,17)/t9-/m0/s1. The van der Waals surface area contributed by atoms with E-state index in [1.807, 2.05) is 0 Å². The Morgan fingerprint density at radius 3 is 2.37 bits per heavy atom. The van der Waals surface area contributed by atoms with E-state index in [-0.39, 0.29) is 18.5 Å². The Bertz CT molecular complexity index is 486. The fourth-order valence-corrected chi connectivity index (χ4v) is 1.33. The molecule has 0 saturated heterocycles. The predicted molar refractivity (Wildman–Crippen MR) is 68.1 cm³/mol. The summed E-state index contributed by atoms with van der Waals surface area (Å²) in [5.74, 6) is -1.01. The molecule has 0 radical (unpaired) electrons. The molecule has 1 aromatic rings. The van der Waals surface area contributed by atoms with Crippen LogP contribution in [0.25, 0.3) is 0 Å². The zero-order chi connectivity index (χ0) is 14.4. The number of nitro benzene ring substituents is 1. The number of nitrogens with zero attached hydrogens (tertiary/aromatic N) is 1. The van der Waals surface area contributed by atoms with Crippen molar-refractivity contribution in [2.75, 3.05) is 5.32 Å². The third-order valence-corrected chi connectivity index (χ3v) is 2.38. The maximum absolute atomic E-state index is 11.6. The zero-order valence-corrected chi connectivity index (χ0v) is 10.0. The predicted octanol–water partition coefficient (Wildman–Crippen LogP) is 0.126. The number of anilines is 1. The normalized spacial score (nSPS) is 11.6. The van der Waals surface area contributed by atoms with Gasteiger partial charge >= 0.3 is 0 Å². The summed E-state index contributed by atoms with van der Waals surface area (Å²) >= 11 is 0. The molecule has 2 amide bonds. The van der Waals surface area contributed by atoms with Crippen molar-refractivity contribution in [2.45, 2.75) is 18.9 Å². The topological polar surface area (TPSA) is 141 Å². The van der Waals surface area contributed by atoms with Crippen LogP contribution >= 0.6 is 0 Å². The summed E-state index contributed by atoms with van der Waals surface area (Å²) in [7, 11) is 0. The number of hydrogen-bond acceptors (Lipinski definition) is 5. The summed E-state index contributed by atoms with van der Waals surface area (Å²) in [6.45, 7) is 0. The Hall–Kier alpha value is -2.48. The average Bonchev–Trinajstić information content (AvgIpc) is 2.36. The van der Waals surface area contributed by atoms with E-state index in [0.29, 0.717) is 5.69 Å². The quantitative estimate of drug-likeness (QED) is 0.495. The van der Waals surface area contributed by atoms with E-state index in [9.17, 15) is 19.7 Å². The summed E-state index contributed by atoms with van der Waals surface area (Å²) in [4.78, 5) is 32.1. The molecule has 19 heavy (non-hydrogen) atoms. The van der Waals surface area contributed by atoms with Crippen LogP contribution in [0.5, 0.6) is 0 Å². The van der Waals surface area contributed by atoms with Gasteiger partial charge in [-0.05, 0) is 18.6 Å². The van der Waals surface area contributed by atoms with Crippen LogP contribution in [0.15, 0.2) is 24.3 Å². The number of rotatable bonds is 6. The molecule has 1 rings (SSSR count). The molecule has 102 valence electrons. The lowest BCUT2D eigenvalue weighted by atomic mass is 10.1. The summed E-state index contributed by atoms with van der Waals surface area (Å²) in [5, 5.41) is 12.9. The van der Waals surface area contributed by atoms with Gasteiger partial charge in [0.15, 0.2) is 0 Å². The number of benzene rings is 1. The summed E-state index contributed by atoms with van der Waals surface area (Å²) in [6, 6.07) is 4.48. The van der Waals surface area contributed by atoms with Crippen LogP contribution in [0.4, 0.5) is 11.4 Å². The van der Waals surface area contributed by atoms with Crippen molar-refractivity contribution < 1.29 is 14.5 Å². The first kappa shape index (κ1) is 14.6. The molecule has 0 aliphatic heterocycles. The second kappa shape index (κ2) is 6.45. The SMILES string of the molecule is NC(=O)CC[C@H](N)C(=O)Nc1ccc([N+](=O)[O-])cc1. The van der Waals surface area contributed by atoms with Crippen molar-refractivity contribution in [3.63, 3.8) is 0 Å². The lowest BCUT2D eigenvalue weighted by molar-refractivity contribution is -0.384. The van der Waals surface area contributed by atoms with Crippen LogP contribution in [-0.2, 0) is 9.59 Å². The van der Waals surface area contributed by atoms with Crippen LogP contribution in [0.2, 0.25) is 0 Å². The number of non-ortho nitro benzene ring substituents is 1. The minimum Gasteiger partial charge on any atom is -0.370 e. The molecule has 1 atom stereocenters. The second-order valence-electron chi connectivity index (χ2n) is 3.90. The van der Waals surface area contributed by atoms with E-state index >= 15 is 0 Å². The molecule has 8 nitrogen and oxygen atoms in total. The lowest BCUT2D eigenvalue weighted by Gasteiger charge is -2.11. The van der Waals surface area contributed by atoms with Gasteiger partial charge in [-0.1, -0.05) is 0 Å². The minimum atomic E-state index is -0.859. The van der Waals surface area contributed by atoms with E-state index < -0.39 is 22.8 Å². The van der Waals surface area contributed by atoms with Gasteiger partial charge in [-0.25, -0.2) is 0 Å². The zero-order valence-electron chi connectivity index (χ0n) is 10.0. The number of nitrogens with one attached hydrogen (secondary N) is 1. The van der Waals surface area contributed by atoms with E-state index in [1.54, 1.807) is 0 Å². The second-order valence-corrected chi connectivity index (χ2v) is 3.90. The molecular weight excluding hydrogens is 252 g/mol. The van der Waals surface area contributed by atoms with Gasteiger partial charge < -0.3 is 16.8 Å². The number of amides is 2. The molecule has 0 heterocycles. The summed E-state index contributed by atoms with van der Waals surface area (Å²) < 4.78 is 0. The smallest absolute Gasteiger partial charge is 0.269 e. The highest BCUT2D eigenvalue weighted by Gasteiger charge is 2.14. The monoisotopic (exact) mass is 266 g/mol. The maximum atomic E-state index is 11.6. The van der Waals surface area contributed by atoms with Gasteiger partial charge in [0, 0.05) is 24.2 Å². The van der Waals surface area contributed by atoms with Gasteiger partial charge in [-0.3, -0.25) is 19.7 Å². The summed E-state index contributed by atoms with van der Waals surface area (Å²) in [5.41, 5.74) is 10.8. The Kier molecular flexibility index (Phi) is 4.95. The first-order valence-corrected chi connectivity index (χ1v) is 5.49. The van der Waals surface area contributed by atoms with Crippen LogP contribution in [0.3, 0.4) is 0 Å². The van der Waals surface area contributed by atoms with Gasteiger partial charge in [0.2, 0.25) is 11.8 Å². The fraction of sp³-hybridized carbons (Fsp3) is 0.273. The third kappa shape index (κ3) is 4.72. The molecule has 0 fully saturated rings.